The van der Waals surface area contributed by atoms with Crippen LogP contribution in [0.2, 0.25) is 0 Å². The van der Waals surface area contributed by atoms with Crippen molar-refractivity contribution < 1.29 is 23.9 Å². The van der Waals surface area contributed by atoms with Crippen LogP contribution in [0, 0.1) is 0 Å². The molecule has 0 unspecified atom stereocenters. The Bertz CT molecular complexity index is 752. The normalized spacial score (nSPS) is 18.0. The third kappa shape index (κ3) is 4.92. The number of nitrogens with one attached hydrogen (secondary N) is 2. The Balaban J connectivity index is 1.46. The summed E-state index contributed by atoms with van der Waals surface area (Å²) in [5.74, 6) is 0.820. The molecule has 1 fully saturated rings. The zero-order valence-corrected chi connectivity index (χ0v) is 16.2. The van der Waals surface area contributed by atoms with E-state index in [0.29, 0.717) is 18.0 Å². The first-order chi connectivity index (χ1) is 13.4. The fraction of sp³-hybridized carbons (Fsp3) is 0.526. The molecule has 152 valence electrons. The molecule has 3 rings (SSSR count). The van der Waals surface area contributed by atoms with E-state index in [1.54, 1.807) is 18.2 Å². The fourth-order valence-corrected chi connectivity index (χ4v) is 3.13. The lowest BCUT2D eigenvalue weighted by Crippen LogP contribution is -2.33. The van der Waals surface area contributed by atoms with E-state index in [2.05, 4.69) is 10.6 Å². The molecule has 2 N–H and O–H groups in total. The molecule has 0 spiro atoms. The van der Waals surface area contributed by atoms with Crippen molar-refractivity contribution in [2.24, 2.45) is 0 Å². The molecule has 0 aliphatic carbocycles. The number of rotatable bonds is 9. The van der Waals surface area contributed by atoms with Crippen molar-refractivity contribution in [3.63, 3.8) is 0 Å². The second kappa shape index (κ2) is 8.92. The number of hydrogen-bond donors (Lipinski definition) is 2. The van der Waals surface area contributed by atoms with Crippen molar-refractivity contribution in [3.05, 3.63) is 23.8 Å². The van der Waals surface area contributed by atoms with Crippen LogP contribution in [0.5, 0.6) is 11.5 Å². The van der Waals surface area contributed by atoms with Crippen molar-refractivity contribution in [1.29, 1.82) is 0 Å². The third-order valence-corrected chi connectivity index (χ3v) is 4.65. The summed E-state index contributed by atoms with van der Waals surface area (Å²) in [6, 6.07) is 4.20. The van der Waals surface area contributed by atoms with Gasteiger partial charge in [0.25, 0.3) is 5.91 Å². The Morgan fingerprint density at radius 3 is 2.86 bits per heavy atom. The molecular formula is C19H26N4O5. The lowest BCUT2D eigenvalue weighted by Gasteiger charge is -2.13. The Kier molecular flexibility index (Phi) is 6.35. The number of amides is 4. The van der Waals surface area contributed by atoms with Crippen molar-refractivity contribution in [2.45, 2.75) is 31.8 Å². The number of urea groups is 1. The van der Waals surface area contributed by atoms with Crippen molar-refractivity contribution in [2.75, 3.05) is 34.0 Å². The van der Waals surface area contributed by atoms with Gasteiger partial charge in [-0.25, -0.2) is 4.79 Å². The molecule has 9 nitrogen and oxygen atoms in total. The van der Waals surface area contributed by atoms with Gasteiger partial charge in [-0.05, 0) is 51.2 Å². The summed E-state index contributed by atoms with van der Waals surface area (Å²) in [7, 11) is 3.96. The Hall–Kier alpha value is -2.81. The van der Waals surface area contributed by atoms with Crippen LogP contribution in [0.1, 0.15) is 24.8 Å². The summed E-state index contributed by atoms with van der Waals surface area (Å²) in [5, 5.41) is 5.49. The number of ether oxygens (including phenoxy) is 2. The van der Waals surface area contributed by atoms with E-state index in [4.69, 9.17) is 9.47 Å². The van der Waals surface area contributed by atoms with E-state index in [1.807, 2.05) is 19.0 Å². The SMILES string of the molecule is CN(C)CCCNC(=O)CC[C@@H]1NC(=O)N(Cc2ccc3c(c2)OCO3)C1=O. The van der Waals surface area contributed by atoms with Gasteiger partial charge in [0.05, 0.1) is 6.54 Å². The molecule has 0 bridgehead atoms. The van der Waals surface area contributed by atoms with Crippen molar-refractivity contribution in [3.8, 4) is 11.5 Å². The molecule has 9 heteroatoms. The zero-order chi connectivity index (χ0) is 20.1. The van der Waals surface area contributed by atoms with Crippen molar-refractivity contribution in [1.82, 2.24) is 20.4 Å². The molecule has 1 saturated heterocycles. The smallest absolute Gasteiger partial charge is 0.325 e. The molecule has 0 aromatic heterocycles. The molecule has 1 aromatic carbocycles. The predicted octanol–water partition coefficient (Wildman–Crippen LogP) is 0.684. The predicted molar refractivity (Wildman–Crippen MR) is 101 cm³/mol. The maximum Gasteiger partial charge on any atom is 0.325 e. The number of benzene rings is 1. The fourth-order valence-electron chi connectivity index (χ4n) is 3.13. The maximum absolute atomic E-state index is 12.6. The molecule has 2 aliphatic rings. The summed E-state index contributed by atoms with van der Waals surface area (Å²) in [6.07, 6.45) is 1.33. The molecule has 0 radical (unpaired) electrons. The molecule has 28 heavy (non-hydrogen) atoms. The lowest BCUT2D eigenvalue weighted by molar-refractivity contribution is -0.128. The first kappa shape index (κ1) is 19.9. The first-order valence-electron chi connectivity index (χ1n) is 9.36. The molecular weight excluding hydrogens is 364 g/mol. The molecule has 1 aromatic rings. The van der Waals surface area contributed by atoms with Gasteiger partial charge in [-0.2, -0.15) is 0 Å². The second-order valence-electron chi connectivity index (χ2n) is 7.16. The number of imide groups is 1. The summed E-state index contributed by atoms with van der Waals surface area (Å²) in [4.78, 5) is 39.9. The number of carbonyl (C=O) groups is 3. The number of hydrogen-bond acceptors (Lipinski definition) is 6. The van der Waals surface area contributed by atoms with Gasteiger partial charge < -0.3 is 25.0 Å². The minimum Gasteiger partial charge on any atom is -0.454 e. The Labute approximate surface area is 163 Å². The van der Waals surface area contributed by atoms with Crippen LogP contribution in [-0.4, -0.2) is 67.7 Å². The highest BCUT2D eigenvalue weighted by Gasteiger charge is 2.37. The minimum absolute atomic E-state index is 0.116. The summed E-state index contributed by atoms with van der Waals surface area (Å²) >= 11 is 0. The van der Waals surface area contributed by atoms with Gasteiger partial charge >= 0.3 is 6.03 Å². The number of nitrogens with zero attached hydrogens (tertiary/aromatic N) is 2. The van der Waals surface area contributed by atoms with Gasteiger partial charge in [-0.15, -0.1) is 0 Å². The summed E-state index contributed by atoms with van der Waals surface area (Å²) in [6.45, 7) is 1.81. The average molecular weight is 390 g/mol. The summed E-state index contributed by atoms with van der Waals surface area (Å²) < 4.78 is 10.6. The highest BCUT2D eigenvalue weighted by molar-refractivity contribution is 6.04. The van der Waals surface area contributed by atoms with Crippen LogP contribution in [0.15, 0.2) is 18.2 Å². The second-order valence-corrected chi connectivity index (χ2v) is 7.16. The summed E-state index contributed by atoms with van der Waals surface area (Å²) in [5.41, 5.74) is 0.770. The lowest BCUT2D eigenvalue weighted by atomic mass is 10.1. The Morgan fingerprint density at radius 2 is 2.07 bits per heavy atom. The van der Waals surface area contributed by atoms with Crippen LogP contribution >= 0.6 is 0 Å². The average Bonchev–Trinajstić information content (AvgIpc) is 3.22. The van der Waals surface area contributed by atoms with Crippen LogP contribution in [-0.2, 0) is 16.1 Å². The topological polar surface area (TPSA) is 100 Å². The molecule has 2 aliphatic heterocycles. The third-order valence-electron chi connectivity index (χ3n) is 4.65. The highest BCUT2D eigenvalue weighted by Crippen LogP contribution is 2.33. The largest absolute Gasteiger partial charge is 0.454 e. The number of fused-ring (bicyclic) bond motifs is 1. The molecule has 1 atom stereocenters. The quantitative estimate of drug-likeness (QED) is 0.475. The van der Waals surface area contributed by atoms with Crippen LogP contribution in [0.3, 0.4) is 0 Å². The van der Waals surface area contributed by atoms with E-state index >= 15 is 0 Å². The van der Waals surface area contributed by atoms with E-state index in [9.17, 15) is 14.4 Å². The van der Waals surface area contributed by atoms with Crippen LogP contribution in [0.25, 0.3) is 0 Å². The first-order valence-corrected chi connectivity index (χ1v) is 9.36. The van der Waals surface area contributed by atoms with Gasteiger partial charge in [0.1, 0.15) is 6.04 Å². The zero-order valence-electron chi connectivity index (χ0n) is 16.2. The van der Waals surface area contributed by atoms with Crippen molar-refractivity contribution >= 4 is 17.8 Å². The van der Waals surface area contributed by atoms with Gasteiger partial charge in [-0.3, -0.25) is 14.5 Å². The van der Waals surface area contributed by atoms with Crippen LogP contribution in [0.4, 0.5) is 4.79 Å². The molecule has 4 amide bonds. The van der Waals surface area contributed by atoms with Gasteiger partial charge in [0.2, 0.25) is 12.7 Å². The Morgan fingerprint density at radius 1 is 1.29 bits per heavy atom. The minimum atomic E-state index is -0.672. The van der Waals surface area contributed by atoms with E-state index in [1.165, 1.54) is 0 Å². The number of carbonyl (C=O) groups excluding carboxylic acids is 3. The molecule has 2 heterocycles. The monoisotopic (exact) mass is 390 g/mol. The van der Waals surface area contributed by atoms with Gasteiger partial charge in [-0.1, -0.05) is 6.07 Å². The van der Waals surface area contributed by atoms with E-state index in [-0.39, 0.29) is 38.0 Å². The standard InChI is InChI=1S/C19H26N4O5/c1-22(2)9-3-8-20-17(24)7-5-14-18(25)23(19(26)21-14)11-13-4-6-15-16(10-13)28-12-27-15/h4,6,10,14H,3,5,7-9,11-12H2,1-2H3,(H,20,24)(H,21,26)/t14-/m0/s1. The van der Waals surface area contributed by atoms with E-state index < -0.39 is 12.1 Å². The highest BCUT2D eigenvalue weighted by atomic mass is 16.7. The molecule has 0 saturated carbocycles. The maximum atomic E-state index is 12.6. The van der Waals surface area contributed by atoms with Gasteiger partial charge in [0, 0.05) is 13.0 Å². The van der Waals surface area contributed by atoms with Gasteiger partial charge in [0.15, 0.2) is 11.5 Å². The van der Waals surface area contributed by atoms with Crippen LogP contribution < -0.4 is 20.1 Å². The van der Waals surface area contributed by atoms with E-state index in [0.717, 1.165) is 23.4 Å².